The van der Waals surface area contributed by atoms with Crippen LogP contribution in [0.1, 0.15) is 29.8 Å². The van der Waals surface area contributed by atoms with E-state index in [0.29, 0.717) is 18.0 Å². The number of thiophene rings is 1. The molecule has 0 unspecified atom stereocenters. The van der Waals surface area contributed by atoms with Crippen molar-refractivity contribution in [2.75, 3.05) is 5.75 Å². The smallest absolute Gasteiger partial charge is 0.250 e. The Morgan fingerprint density at radius 3 is 2.88 bits per heavy atom. The van der Waals surface area contributed by atoms with E-state index < -0.39 is 10.0 Å². The van der Waals surface area contributed by atoms with Gasteiger partial charge in [0.25, 0.3) is 10.0 Å². The highest BCUT2D eigenvalue weighted by Crippen LogP contribution is 2.38. The topological polar surface area (TPSA) is 75.3 Å². The zero-order valence-corrected chi connectivity index (χ0v) is 16.6. The first-order chi connectivity index (χ1) is 11.8. The van der Waals surface area contributed by atoms with Crippen molar-refractivity contribution in [3.05, 3.63) is 45.8 Å². The fraction of sp³-hybridized carbons (Fsp3) is 0.312. The SMILES string of the molecule is CC(=O)NCc1ccc(S(=O)(=O)N[C@H]2CCSc3ccc(Cl)cc32)s1. The number of nitrogens with one attached hydrogen (secondary N) is 2. The Kier molecular flexibility index (Phi) is 5.75. The van der Waals surface area contributed by atoms with Gasteiger partial charge in [0.05, 0.1) is 6.54 Å². The molecule has 0 radical (unpaired) electrons. The van der Waals surface area contributed by atoms with Crippen LogP contribution >= 0.6 is 34.7 Å². The second-order valence-corrected chi connectivity index (χ2v) is 10.3. The van der Waals surface area contributed by atoms with E-state index in [2.05, 4.69) is 10.0 Å². The van der Waals surface area contributed by atoms with Gasteiger partial charge >= 0.3 is 0 Å². The Hall–Kier alpha value is -1.06. The summed E-state index contributed by atoms with van der Waals surface area (Å²) in [6.07, 6.45) is 0.710. The number of carbonyl (C=O) groups is 1. The van der Waals surface area contributed by atoms with Crippen LogP contribution in [-0.2, 0) is 21.4 Å². The predicted octanol–water partition coefficient (Wildman–Crippen LogP) is 3.55. The maximum Gasteiger partial charge on any atom is 0.250 e. The van der Waals surface area contributed by atoms with Gasteiger partial charge in [-0.2, -0.15) is 0 Å². The number of hydrogen-bond acceptors (Lipinski definition) is 5. The summed E-state index contributed by atoms with van der Waals surface area (Å²) in [4.78, 5) is 12.8. The first kappa shape index (κ1) is 18.7. The highest BCUT2D eigenvalue weighted by molar-refractivity contribution is 7.99. The van der Waals surface area contributed by atoms with Crippen LogP contribution in [0.3, 0.4) is 0 Å². The summed E-state index contributed by atoms with van der Waals surface area (Å²) in [5, 5.41) is 3.26. The quantitative estimate of drug-likeness (QED) is 0.781. The molecule has 25 heavy (non-hydrogen) atoms. The molecule has 2 heterocycles. The molecule has 5 nitrogen and oxygen atoms in total. The minimum absolute atomic E-state index is 0.149. The normalized spacial score (nSPS) is 17.1. The number of sulfonamides is 1. The average Bonchev–Trinajstić information content (AvgIpc) is 3.03. The van der Waals surface area contributed by atoms with Crippen molar-refractivity contribution in [2.24, 2.45) is 0 Å². The Morgan fingerprint density at radius 1 is 1.32 bits per heavy atom. The second kappa shape index (κ2) is 7.67. The highest BCUT2D eigenvalue weighted by atomic mass is 35.5. The molecular weight excluding hydrogens is 400 g/mol. The van der Waals surface area contributed by atoms with E-state index in [1.54, 1.807) is 23.9 Å². The Morgan fingerprint density at radius 2 is 2.12 bits per heavy atom. The van der Waals surface area contributed by atoms with E-state index in [1.165, 1.54) is 6.92 Å². The number of amides is 1. The molecule has 1 aliphatic rings. The maximum atomic E-state index is 12.7. The Labute approximate surface area is 160 Å². The number of carbonyl (C=O) groups excluding carboxylic acids is 1. The molecule has 0 saturated heterocycles. The van der Waals surface area contributed by atoms with E-state index in [-0.39, 0.29) is 16.2 Å². The Bertz CT molecular complexity index is 896. The molecule has 0 fully saturated rings. The van der Waals surface area contributed by atoms with Gasteiger partial charge in [-0.15, -0.1) is 23.1 Å². The minimum Gasteiger partial charge on any atom is -0.351 e. The molecule has 1 atom stereocenters. The summed E-state index contributed by atoms with van der Waals surface area (Å²) < 4.78 is 28.5. The van der Waals surface area contributed by atoms with Crippen LogP contribution in [0, 0.1) is 0 Å². The zero-order valence-electron chi connectivity index (χ0n) is 13.4. The van der Waals surface area contributed by atoms with Crippen LogP contribution in [0.25, 0.3) is 0 Å². The number of hydrogen-bond donors (Lipinski definition) is 2. The highest BCUT2D eigenvalue weighted by Gasteiger charge is 2.27. The van der Waals surface area contributed by atoms with Gasteiger partial charge in [0.1, 0.15) is 4.21 Å². The van der Waals surface area contributed by atoms with Crippen LogP contribution in [0.4, 0.5) is 0 Å². The largest absolute Gasteiger partial charge is 0.351 e. The molecule has 2 N–H and O–H groups in total. The van der Waals surface area contributed by atoms with Crippen molar-refractivity contribution >= 4 is 50.6 Å². The lowest BCUT2D eigenvalue weighted by Crippen LogP contribution is -2.30. The van der Waals surface area contributed by atoms with E-state index in [4.69, 9.17) is 11.6 Å². The molecule has 3 rings (SSSR count). The van der Waals surface area contributed by atoms with Crippen molar-refractivity contribution in [3.8, 4) is 0 Å². The molecule has 134 valence electrons. The predicted molar refractivity (Wildman–Crippen MR) is 102 cm³/mol. The van der Waals surface area contributed by atoms with Crippen LogP contribution in [0.5, 0.6) is 0 Å². The number of rotatable bonds is 5. The molecule has 0 bridgehead atoms. The third-order valence-corrected chi connectivity index (χ3v) is 8.13. The third-order valence-electron chi connectivity index (χ3n) is 3.72. The number of thioether (sulfide) groups is 1. The summed E-state index contributed by atoms with van der Waals surface area (Å²) in [6, 6.07) is 8.57. The van der Waals surface area contributed by atoms with Gasteiger partial charge in [-0.05, 0) is 48.1 Å². The van der Waals surface area contributed by atoms with Gasteiger partial charge in [0.2, 0.25) is 5.91 Å². The van der Waals surface area contributed by atoms with E-state index in [1.807, 2.05) is 18.2 Å². The van der Waals surface area contributed by atoms with Gasteiger partial charge in [0, 0.05) is 27.8 Å². The van der Waals surface area contributed by atoms with Gasteiger partial charge in [-0.25, -0.2) is 13.1 Å². The Balaban J connectivity index is 1.79. The summed E-state index contributed by atoms with van der Waals surface area (Å²) in [5.74, 6) is 0.698. The summed E-state index contributed by atoms with van der Waals surface area (Å²) >= 11 is 8.94. The van der Waals surface area contributed by atoms with Gasteiger partial charge in [-0.1, -0.05) is 11.6 Å². The van der Waals surface area contributed by atoms with Crippen LogP contribution < -0.4 is 10.0 Å². The molecule has 1 aliphatic heterocycles. The van der Waals surface area contributed by atoms with Crippen molar-refractivity contribution in [2.45, 2.75) is 35.0 Å². The molecule has 0 aliphatic carbocycles. The van der Waals surface area contributed by atoms with Crippen molar-refractivity contribution in [1.29, 1.82) is 0 Å². The molecule has 1 aromatic carbocycles. The fourth-order valence-corrected chi connectivity index (χ4v) is 6.39. The lowest BCUT2D eigenvalue weighted by molar-refractivity contribution is -0.119. The van der Waals surface area contributed by atoms with E-state index in [0.717, 1.165) is 32.4 Å². The maximum absolute atomic E-state index is 12.7. The van der Waals surface area contributed by atoms with Gasteiger partial charge in [0.15, 0.2) is 0 Å². The second-order valence-electron chi connectivity index (χ2n) is 5.62. The standard InChI is InChI=1S/C16H17ClN2O3S3/c1-10(20)18-9-12-3-5-16(24-12)25(21,22)19-14-6-7-23-15-4-2-11(17)8-13(14)15/h2-5,8,14,19H,6-7,9H2,1H3,(H,18,20)/t14-/m0/s1. The lowest BCUT2D eigenvalue weighted by Gasteiger charge is -2.25. The van der Waals surface area contributed by atoms with Crippen molar-refractivity contribution < 1.29 is 13.2 Å². The number of fused-ring (bicyclic) bond motifs is 1. The molecular formula is C16H17ClN2O3S3. The average molecular weight is 417 g/mol. The molecule has 2 aromatic rings. The van der Waals surface area contributed by atoms with Crippen molar-refractivity contribution in [1.82, 2.24) is 10.0 Å². The molecule has 1 amide bonds. The zero-order chi connectivity index (χ0) is 18.0. The minimum atomic E-state index is -3.63. The van der Waals surface area contributed by atoms with Gasteiger partial charge < -0.3 is 5.32 Å². The lowest BCUT2D eigenvalue weighted by atomic mass is 10.1. The molecule has 0 saturated carbocycles. The number of benzene rings is 1. The first-order valence-electron chi connectivity index (χ1n) is 7.63. The number of halogens is 1. The molecule has 1 aromatic heterocycles. The fourth-order valence-electron chi connectivity index (χ4n) is 2.54. The summed E-state index contributed by atoms with van der Waals surface area (Å²) in [6.45, 7) is 1.75. The van der Waals surface area contributed by atoms with E-state index in [9.17, 15) is 13.2 Å². The molecule has 9 heteroatoms. The van der Waals surface area contributed by atoms with Crippen LogP contribution in [-0.4, -0.2) is 20.1 Å². The summed E-state index contributed by atoms with van der Waals surface area (Å²) in [7, 11) is -3.63. The van der Waals surface area contributed by atoms with Crippen LogP contribution in [0.15, 0.2) is 39.4 Å². The van der Waals surface area contributed by atoms with Gasteiger partial charge in [-0.3, -0.25) is 4.79 Å². The summed E-state index contributed by atoms with van der Waals surface area (Å²) in [5.41, 5.74) is 0.919. The monoisotopic (exact) mass is 416 g/mol. The third kappa shape index (κ3) is 4.57. The van der Waals surface area contributed by atoms with Crippen molar-refractivity contribution in [3.63, 3.8) is 0 Å². The van der Waals surface area contributed by atoms with Crippen LogP contribution in [0.2, 0.25) is 5.02 Å². The first-order valence-corrected chi connectivity index (χ1v) is 11.3. The molecule has 0 spiro atoms. The van der Waals surface area contributed by atoms with E-state index >= 15 is 0 Å².